The molecule has 108 valence electrons. The van der Waals surface area contributed by atoms with Gasteiger partial charge in [-0.2, -0.15) is 0 Å². The van der Waals surface area contributed by atoms with E-state index in [1.165, 1.54) is 0 Å². The van der Waals surface area contributed by atoms with Crippen LogP contribution in [0.15, 0.2) is 30.3 Å². The number of nitrogens with zero attached hydrogens (tertiary/aromatic N) is 1. The number of rotatable bonds is 9. The Kier molecular flexibility index (Phi) is 6.89. The summed E-state index contributed by atoms with van der Waals surface area (Å²) in [6.45, 7) is 8.49. The first kappa shape index (κ1) is 16.0. The molecule has 0 spiro atoms. The van der Waals surface area contributed by atoms with Crippen molar-refractivity contribution in [3.05, 3.63) is 30.3 Å². The molecular formula is C16H28N2O. The van der Waals surface area contributed by atoms with E-state index in [0.717, 1.165) is 38.4 Å². The Morgan fingerprint density at radius 3 is 2.47 bits per heavy atom. The summed E-state index contributed by atoms with van der Waals surface area (Å²) < 4.78 is 5.65. The van der Waals surface area contributed by atoms with Gasteiger partial charge in [-0.1, -0.05) is 32.0 Å². The Bertz CT molecular complexity index is 336. The second-order valence-corrected chi connectivity index (χ2v) is 6.09. The highest BCUT2D eigenvalue weighted by Crippen LogP contribution is 2.14. The predicted molar refractivity (Wildman–Crippen MR) is 81.8 cm³/mol. The summed E-state index contributed by atoms with van der Waals surface area (Å²) in [4.78, 5) is 2.24. The van der Waals surface area contributed by atoms with Crippen LogP contribution in [0, 0.1) is 5.41 Å². The van der Waals surface area contributed by atoms with Gasteiger partial charge in [-0.3, -0.25) is 0 Å². The van der Waals surface area contributed by atoms with Crippen LogP contribution in [-0.4, -0.2) is 45.2 Å². The highest BCUT2D eigenvalue weighted by Gasteiger charge is 2.17. The first-order valence-corrected chi connectivity index (χ1v) is 7.03. The number of benzene rings is 1. The number of hydrogen-bond donors (Lipinski definition) is 1. The van der Waals surface area contributed by atoms with Crippen LogP contribution in [0.2, 0.25) is 0 Å². The fourth-order valence-electron chi connectivity index (χ4n) is 2.24. The zero-order valence-electron chi connectivity index (χ0n) is 12.8. The number of para-hydroxylation sites is 1. The third kappa shape index (κ3) is 7.85. The molecule has 3 nitrogen and oxygen atoms in total. The van der Waals surface area contributed by atoms with E-state index in [4.69, 9.17) is 4.74 Å². The molecule has 0 saturated heterocycles. The molecular weight excluding hydrogens is 236 g/mol. The molecule has 0 radical (unpaired) electrons. The van der Waals surface area contributed by atoms with Gasteiger partial charge in [0.1, 0.15) is 5.75 Å². The van der Waals surface area contributed by atoms with E-state index in [1.54, 1.807) is 0 Å². The highest BCUT2D eigenvalue weighted by atomic mass is 16.5. The SMILES string of the molecule is CN(C)CC(C)(C)CNCCCOc1ccccc1. The van der Waals surface area contributed by atoms with Crippen molar-refractivity contribution in [3.63, 3.8) is 0 Å². The summed E-state index contributed by atoms with van der Waals surface area (Å²) >= 11 is 0. The van der Waals surface area contributed by atoms with Crippen LogP contribution < -0.4 is 10.1 Å². The largest absolute Gasteiger partial charge is 0.494 e. The fraction of sp³-hybridized carbons (Fsp3) is 0.625. The molecule has 0 aliphatic heterocycles. The van der Waals surface area contributed by atoms with Crippen molar-refractivity contribution >= 4 is 0 Å². The lowest BCUT2D eigenvalue weighted by Gasteiger charge is -2.28. The quantitative estimate of drug-likeness (QED) is 0.694. The van der Waals surface area contributed by atoms with Crippen molar-refractivity contribution in [2.75, 3.05) is 40.3 Å². The second-order valence-electron chi connectivity index (χ2n) is 6.09. The molecule has 1 rings (SSSR count). The molecule has 0 fully saturated rings. The van der Waals surface area contributed by atoms with Crippen LogP contribution in [0.3, 0.4) is 0 Å². The van der Waals surface area contributed by atoms with E-state index in [1.807, 2.05) is 30.3 Å². The van der Waals surface area contributed by atoms with Gasteiger partial charge in [0.15, 0.2) is 0 Å². The summed E-state index contributed by atoms with van der Waals surface area (Å²) in [6, 6.07) is 9.98. The third-order valence-corrected chi connectivity index (χ3v) is 2.86. The van der Waals surface area contributed by atoms with E-state index in [9.17, 15) is 0 Å². The lowest BCUT2D eigenvalue weighted by atomic mass is 9.93. The summed E-state index contributed by atoms with van der Waals surface area (Å²) in [7, 11) is 4.24. The minimum Gasteiger partial charge on any atom is -0.494 e. The van der Waals surface area contributed by atoms with Crippen molar-refractivity contribution in [1.82, 2.24) is 10.2 Å². The van der Waals surface area contributed by atoms with Gasteiger partial charge < -0.3 is 15.0 Å². The van der Waals surface area contributed by atoms with E-state index in [0.29, 0.717) is 5.41 Å². The van der Waals surface area contributed by atoms with Crippen molar-refractivity contribution in [3.8, 4) is 5.75 Å². The average Bonchev–Trinajstić information content (AvgIpc) is 2.33. The first-order valence-electron chi connectivity index (χ1n) is 7.03. The molecule has 0 aromatic heterocycles. The fourth-order valence-corrected chi connectivity index (χ4v) is 2.24. The highest BCUT2D eigenvalue weighted by molar-refractivity contribution is 5.20. The number of ether oxygens (including phenoxy) is 1. The zero-order chi connectivity index (χ0) is 14.1. The molecule has 1 aromatic rings. The van der Waals surface area contributed by atoms with Crippen LogP contribution in [0.4, 0.5) is 0 Å². The van der Waals surface area contributed by atoms with E-state index < -0.39 is 0 Å². The first-order chi connectivity index (χ1) is 8.99. The van der Waals surface area contributed by atoms with E-state index in [-0.39, 0.29) is 0 Å². The van der Waals surface area contributed by atoms with Crippen molar-refractivity contribution in [2.45, 2.75) is 20.3 Å². The number of nitrogens with one attached hydrogen (secondary N) is 1. The van der Waals surface area contributed by atoms with Gasteiger partial charge in [0, 0.05) is 13.1 Å². The van der Waals surface area contributed by atoms with Crippen molar-refractivity contribution in [2.24, 2.45) is 5.41 Å². The standard InChI is InChI=1S/C16H28N2O/c1-16(2,14-18(3)4)13-17-11-8-12-19-15-9-6-5-7-10-15/h5-7,9-10,17H,8,11-14H2,1-4H3. The molecule has 0 unspecified atom stereocenters. The van der Waals surface area contributed by atoms with Gasteiger partial charge in [0.2, 0.25) is 0 Å². The van der Waals surface area contributed by atoms with Gasteiger partial charge in [-0.15, -0.1) is 0 Å². The minimum atomic E-state index is 0.309. The Balaban J connectivity index is 2.05. The van der Waals surface area contributed by atoms with Crippen molar-refractivity contribution in [1.29, 1.82) is 0 Å². The Morgan fingerprint density at radius 2 is 1.84 bits per heavy atom. The van der Waals surface area contributed by atoms with E-state index >= 15 is 0 Å². The van der Waals surface area contributed by atoms with Gasteiger partial charge in [0.05, 0.1) is 6.61 Å². The maximum atomic E-state index is 5.65. The summed E-state index contributed by atoms with van der Waals surface area (Å²) in [5.41, 5.74) is 0.309. The van der Waals surface area contributed by atoms with Crippen LogP contribution in [0.1, 0.15) is 20.3 Å². The molecule has 0 heterocycles. The normalized spacial score (nSPS) is 11.8. The van der Waals surface area contributed by atoms with Crippen LogP contribution in [0.5, 0.6) is 5.75 Å². The molecule has 1 aromatic carbocycles. The third-order valence-electron chi connectivity index (χ3n) is 2.86. The molecule has 19 heavy (non-hydrogen) atoms. The monoisotopic (exact) mass is 264 g/mol. The summed E-state index contributed by atoms with van der Waals surface area (Å²) in [6.07, 6.45) is 1.03. The molecule has 0 atom stereocenters. The van der Waals surface area contributed by atoms with Crippen LogP contribution in [-0.2, 0) is 0 Å². The van der Waals surface area contributed by atoms with Crippen molar-refractivity contribution < 1.29 is 4.74 Å². The zero-order valence-corrected chi connectivity index (χ0v) is 12.8. The maximum Gasteiger partial charge on any atom is 0.119 e. The summed E-state index contributed by atoms with van der Waals surface area (Å²) in [5.74, 6) is 0.954. The topological polar surface area (TPSA) is 24.5 Å². The van der Waals surface area contributed by atoms with Gasteiger partial charge in [0.25, 0.3) is 0 Å². The van der Waals surface area contributed by atoms with Gasteiger partial charge >= 0.3 is 0 Å². The molecule has 1 N–H and O–H groups in total. The lowest BCUT2D eigenvalue weighted by molar-refractivity contribution is 0.229. The van der Waals surface area contributed by atoms with Crippen LogP contribution >= 0.6 is 0 Å². The minimum absolute atomic E-state index is 0.309. The Hall–Kier alpha value is -1.06. The molecule has 3 heteroatoms. The maximum absolute atomic E-state index is 5.65. The predicted octanol–water partition coefficient (Wildman–Crippen LogP) is 2.63. The molecule has 0 saturated carbocycles. The molecule has 0 aliphatic rings. The second kappa shape index (κ2) is 8.18. The Morgan fingerprint density at radius 1 is 1.16 bits per heavy atom. The Labute approximate surface area is 118 Å². The lowest BCUT2D eigenvalue weighted by Crippen LogP contribution is -2.38. The van der Waals surface area contributed by atoms with Crippen LogP contribution in [0.25, 0.3) is 0 Å². The number of hydrogen-bond acceptors (Lipinski definition) is 3. The summed E-state index contributed by atoms with van der Waals surface area (Å²) in [5, 5.41) is 3.51. The van der Waals surface area contributed by atoms with Gasteiger partial charge in [-0.05, 0) is 44.6 Å². The smallest absolute Gasteiger partial charge is 0.119 e. The average molecular weight is 264 g/mol. The van der Waals surface area contributed by atoms with E-state index in [2.05, 4.69) is 38.2 Å². The van der Waals surface area contributed by atoms with Gasteiger partial charge in [-0.25, -0.2) is 0 Å². The molecule has 0 aliphatic carbocycles. The molecule has 0 bridgehead atoms. The molecule has 0 amide bonds.